The molecule has 19 nitrogen and oxygen atoms in total. The van der Waals surface area contributed by atoms with Crippen molar-refractivity contribution in [2.75, 3.05) is 33.0 Å². The summed E-state index contributed by atoms with van der Waals surface area (Å²) in [5.41, 5.74) is 0. The molecule has 1 radical (unpaired) electrons. The van der Waals surface area contributed by atoms with Gasteiger partial charge in [0.15, 0.2) is 6.29 Å². The van der Waals surface area contributed by atoms with Crippen LogP contribution in [0.25, 0.3) is 0 Å². The van der Waals surface area contributed by atoms with Crippen LogP contribution in [0.5, 0.6) is 0 Å². The molecule has 4 amide bonds. The minimum absolute atomic E-state index is 0.0229. The maximum absolute atomic E-state index is 12.5. The Balaban J connectivity index is 4.08. The fourth-order valence-electron chi connectivity index (χ4n) is 5.72. The van der Waals surface area contributed by atoms with Crippen LogP contribution < -0.4 is 21.3 Å². The highest BCUT2D eigenvalue weighted by atomic mass is 16.5. The van der Waals surface area contributed by atoms with Crippen LogP contribution in [-0.4, -0.2) is 125 Å². The average Bonchev–Trinajstić information content (AvgIpc) is 3.16. The van der Waals surface area contributed by atoms with Gasteiger partial charge in [0.2, 0.25) is 23.6 Å². The molecule has 0 saturated heterocycles. The van der Waals surface area contributed by atoms with Gasteiger partial charge in [0.05, 0.1) is 19.8 Å². The van der Waals surface area contributed by atoms with Crippen LogP contribution in [0.15, 0.2) is 0 Å². The zero-order valence-corrected chi connectivity index (χ0v) is 33.6. The first kappa shape index (κ1) is 53.4. The number of carbonyl (C=O) groups excluding carboxylic acids is 5. The van der Waals surface area contributed by atoms with Crippen molar-refractivity contribution >= 4 is 53.8 Å². The molecule has 0 aromatic carbocycles. The summed E-state index contributed by atoms with van der Waals surface area (Å²) in [5, 5.41) is 45.9. The third-order valence-electron chi connectivity index (χ3n) is 8.96. The molecule has 0 aromatic rings. The number of hydrogen-bond acceptors (Lipinski definition) is 11. The van der Waals surface area contributed by atoms with E-state index in [0.29, 0.717) is 6.42 Å². The predicted octanol–water partition coefficient (Wildman–Crippen LogP) is 2.62. The Labute approximate surface area is 340 Å². The molecule has 19 heteroatoms. The van der Waals surface area contributed by atoms with Crippen LogP contribution in [0, 0.1) is 0 Å². The van der Waals surface area contributed by atoms with Gasteiger partial charge in [-0.05, 0) is 32.1 Å². The van der Waals surface area contributed by atoms with Gasteiger partial charge in [0.25, 0.3) is 0 Å². The molecule has 8 N–H and O–H groups in total. The lowest BCUT2D eigenvalue weighted by Crippen LogP contribution is -2.52. The molecule has 0 spiro atoms. The molecular weight excluding hydrogens is 764 g/mol. The molecule has 0 aliphatic heterocycles. The van der Waals surface area contributed by atoms with Crippen molar-refractivity contribution in [1.29, 1.82) is 0 Å². The lowest BCUT2D eigenvalue weighted by molar-refractivity contribution is -0.143. The maximum Gasteiger partial charge on any atom is 0.326 e. The third-order valence-corrected chi connectivity index (χ3v) is 8.96. The Bertz CT molecular complexity index is 1250. The molecule has 331 valence electrons. The average molecular weight is 830 g/mol. The number of ether oxygens (including phenoxy) is 2. The van der Waals surface area contributed by atoms with Crippen molar-refractivity contribution in [3.63, 3.8) is 0 Å². The van der Waals surface area contributed by atoms with Crippen molar-refractivity contribution in [3.8, 4) is 0 Å². The number of nitrogens with one attached hydrogen (secondary N) is 4. The quantitative estimate of drug-likeness (QED) is 0.0412. The third kappa shape index (κ3) is 32.4. The van der Waals surface area contributed by atoms with Gasteiger partial charge < -0.3 is 51.2 Å². The van der Waals surface area contributed by atoms with Crippen LogP contribution in [0.4, 0.5) is 0 Å². The van der Waals surface area contributed by atoms with E-state index < -0.39 is 72.8 Å². The highest BCUT2D eigenvalue weighted by Gasteiger charge is 2.27. The fourth-order valence-corrected chi connectivity index (χ4v) is 5.72. The van der Waals surface area contributed by atoms with Crippen molar-refractivity contribution in [1.82, 2.24) is 21.3 Å². The predicted molar refractivity (Wildman–Crippen MR) is 208 cm³/mol. The zero-order chi connectivity index (χ0) is 43.4. The summed E-state index contributed by atoms with van der Waals surface area (Å²) in [6.07, 6.45) is 15.2. The smallest absolute Gasteiger partial charge is 0.326 e. The van der Waals surface area contributed by atoms with E-state index in [-0.39, 0.29) is 77.2 Å². The van der Waals surface area contributed by atoms with Crippen LogP contribution >= 0.6 is 0 Å². The van der Waals surface area contributed by atoms with Gasteiger partial charge in [-0.3, -0.25) is 33.6 Å². The number of unbranched alkanes of at least 4 members (excludes halogenated alkanes) is 13. The summed E-state index contributed by atoms with van der Waals surface area (Å²) in [7, 11) is 0. The van der Waals surface area contributed by atoms with Crippen LogP contribution in [0.3, 0.4) is 0 Å². The van der Waals surface area contributed by atoms with E-state index in [0.717, 1.165) is 51.4 Å². The number of carboxylic acid groups (broad SMARTS) is 4. The standard InChI is InChI=1S/C39H65N4O15/c44-24-15-16-30(38(53)54)43-37(52)29(20-22-36(50)51)41-34(47)28-58-27-26-57-25-23-40-32(45)21-19-31(39(55)56)42-33(46)17-13-11-9-7-5-3-1-2-4-6-8-10-12-14-18-35(48)49/h29-31H,1-23,25-28H2,(H,40,45)(H,41,47)(H,42,46)(H,43,52)(H,48,49)(H,50,51)(H,53,54)(H,55,56)/t29-,30-,31-/m0/s1. The van der Waals surface area contributed by atoms with Gasteiger partial charge in [-0.25, -0.2) is 9.59 Å². The monoisotopic (exact) mass is 829 g/mol. The summed E-state index contributed by atoms with van der Waals surface area (Å²) in [6.45, 7) is -0.381. The molecule has 0 aliphatic rings. The second kappa shape index (κ2) is 35.5. The van der Waals surface area contributed by atoms with E-state index in [1.165, 1.54) is 38.4 Å². The molecule has 0 aliphatic carbocycles. The Morgan fingerprint density at radius 3 is 1.45 bits per heavy atom. The van der Waals surface area contributed by atoms with Crippen molar-refractivity contribution in [3.05, 3.63) is 0 Å². The summed E-state index contributed by atoms with van der Waals surface area (Å²) in [4.78, 5) is 104. The summed E-state index contributed by atoms with van der Waals surface area (Å²) < 4.78 is 10.5. The first-order valence-corrected chi connectivity index (χ1v) is 20.3. The van der Waals surface area contributed by atoms with E-state index in [4.69, 9.17) is 19.7 Å². The Kier molecular flexibility index (Phi) is 32.7. The molecule has 0 heterocycles. The van der Waals surface area contributed by atoms with Gasteiger partial charge in [-0.15, -0.1) is 0 Å². The number of hydrogen-bond donors (Lipinski definition) is 8. The number of amides is 4. The molecule has 3 atom stereocenters. The van der Waals surface area contributed by atoms with Crippen LogP contribution in [0.2, 0.25) is 0 Å². The van der Waals surface area contributed by atoms with E-state index in [9.17, 15) is 53.4 Å². The van der Waals surface area contributed by atoms with E-state index in [1.807, 2.05) is 0 Å². The van der Waals surface area contributed by atoms with Gasteiger partial charge in [0, 0.05) is 38.6 Å². The first-order valence-electron chi connectivity index (χ1n) is 20.3. The summed E-state index contributed by atoms with van der Waals surface area (Å²) in [5.74, 6) is -7.14. The molecule has 0 saturated carbocycles. The first-order chi connectivity index (χ1) is 27.8. The molecule has 58 heavy (non-hydrogen) atoms. The number of carbonyl (C=O) groups is 8. The molecule has 0 rings (SSSR count). The van der Waals surface area contributed by atoms with Gasteiger partial charge in [0.1, 0.15) is 24.7 Å². The molecule has 0 bridgehead atoms. The van der Waals surface area contributed by atoms with Crippen LogP contribution in [0.1, 0.15) is 141 Å². The summed E-state index contributed by atoms with van der Waals surface area (Å²) >= 11 is 0. The largest absolute Gasteiger partial charge is 0.481 e. The molecule has 0 aromatic heterocycles. The SMILES string of the molecule is O=[C]CC[C@H](NC(=O)[C@H](CCC(=O)O)NC(=O)COCCOCCNC(=O)CC[C@H](NC(=O)CCCCCCCCCCCCCCCCC(=O)O)C(=O)O)C(=O)O. The topological polar surface area (TPSA) is 301 Å². The molecular formula is C39H65N4O15. The van der Waals surface area contributed by atoms with E-state index >= 15 is 0 Å². The Morgan fingerprint density at radius 1 is 0.466 bits per heavy atom. The lowest BCUT2D eigenvalue weighted by Gasteiger charge is -2.20. The number of carboxylic acids is 4. The normalized spacial score (nSPS) is 12.4. The summed E-state index contributed by atoms with van der Waals surface area (Å²) in [6, 6.07) is -4.01. The van der Waals surface area contributed by atoms with Gasteiger partial charge in [-0.1, -0.05) is 77.0 Å². The van der Waals surface area contributed by atoms with E-state index in [1.54, 1.807) is 0 Å². The highest BCUT2D eigenvalue weighted by molar-refractivity contribution is 5.91. The van der Waals surface area contributed by atoms with Gasteiger partial charge in [-0.2, -0.15) is 0 Å². The second-order valence-electron chi connectivity index (χ2n) is 14.0. The van der Waals surface area contributed by atoms with Crippen LogP contribution in [-0.2, 0) is 52.6 Å². The number of rotatable bonds is 40. The molecule has 0 unspecified atom stereocenters. The maximum atomic E-state index is 12.5. The Morgan fingerprint density at radius 2 is 0.931 bits per heavy atom. The van der Waals surface area contributed by atoms with Crippen molar-refractivity contribution < 1.29 is 73.1 Å². The Hall–Kier alpha value is -4.65. The zero-order valence-electron chi connectivity index (χ0n) is 33.6. The molecule has 0 fully saturated rings. The highest BCUT2D eigenvalue weighted by Crippen LogP contribution is 2.14. The minimum Gasteiger partial charge on any atom is -0.481 e. The second-order valence-corrected chi connectivity index (χ2v) is 14.0. The fraction of sp³-hybridized carbons (Fsp3) is 0.769. The minimum atomic E-state index is -1.44. The van der Waals surface area contributed by atoms with Gasteiger partial charge >= 0.3 is 23.9 Å². The van der Waals surface area contributed by atoms with Crippen molar-refractivity contribution in [2.45, 2.75) is 159 Å². The van der Waals surface area contributed by atoms with E-state index in [2.05, 4.69) is 21.3 Å². The number of aliphatic carboxylic acids is 4. The van der Waals surface area contributed by atoms with Crippen molar-refractivity contribution in [2.24, 2.45) is 0 Å². The lowest BCUT2D eigenvalue weighted by atomic mass is 10.0.